The highest BCUT2D eigenvalue weighted by Crippen LogP contribution is 2.28. The minimum atomic E-state index is -3.65. The zero-order valence-corrected chi connectivity index (χ0v) is 13.4. The molecular weight excluding hydrogens is 312 g/mol. The first-order valence-electron chi connectivity index (χ1n) is 7.00. The number of aromatic hydroxyl groups is 1. The van der Waals surface area contributed by atoms with Gasteiger partial charge in [0, 0.05) is 0 Å². The van der Waals surface area contributed by atoms with Gasteiger partial charge in [-0.1, -0.05) is 18.7 Å². The van der Waals surface area contributed by atoms with E-state index in [1.165, 1.54) is 30.3 Å². The van der Waals surface area contributed by atoms with Gasteiger partial charge in [0.2, 0.25) is 9.84 Å². The van der Waals surface area contributed by atoms with Gasteiger partial charge in [0.1, 0.15) is 18.1 Å². The van der Waals surface area contributed by atoms with Crippen molar-refractivity contribution in [1.29, 1.82) is 0 Å². The molecule has 0 amide bonds. The van der Waals surface area contributed by atoms with Crippen LogP contribution in [0, 0.1) is 0 Å². The van der Waals surface area contributed by atoms with Crippen LogP contribution in [-0.2, 0) is 16.3 Å². The van der Waals surface area contributed by atoms with Crippen molar-refractivity contribution < 1.29 is 18.3 Å². The zero-order chi connectivity index (χ0) is 16.9. The third kappa shape index (κ3) is 3.81. The Morgan fingerprint density at radius 2 is 1.65 bits per heavy atom. The highest BCUT2D eigenvalue weighted by atomic mass is 32.2. The maximum atomic E-state index is 12.7. The van der Waals surface area contributed by atoms with Gasteiger partial charge in [-0.05, 0) is 54.4 Å². The van der Waals surface area contributed by atoms with Crippen LogP contribution in [0.2, 0.25) is 0 Å². The highest BCUT2D eigenvalue weighted by Gasteiger charge is 2.19. The van der Waals surface area contributed by atoms with Crippen molar-refractivity contribution >= 4 is 9.84 Å². The van der Waals surface area contributed by atoms with Crippen molar-refractivity contribution in [3.8, 4) is 11.5 Å². The zero-order valence-electron chi connectivity index (χ0n) is 12.6. The maximum Gasteiger partial charge on any atom is 0.206 e. The second kappa shape index (κ2) is 7.15. The number of hydrogen-bond acceptors (Lipinski definition) is 4. The van der Waals surface area contributed by atoms with Gasteiger partial charge < -0.3 is 9.84 Å². The van der Waals surface area contributed by atoms with Crippen LogP contribution in [0.15, 0.2) is 77.6 Å². The number of phenols is 1. The van der Waals surface area contributed by atoms with E-state index >= 15 is 0 Å². The molecule has 0 heterocycles. The van der Waals surface area contributed by atoms with Crippen molar-refractivity contribution in [3.63, 3.8) is 0 Å². The Hall–Kier alpha value is -2.53. The predicted molar refractivity (Wildman–Crippen MR) is 89.6 cm³/mol. The molecule has 0 saturated carbocycles. The standard InChI is InChI=1S/C18H18O4S/c1-3-5-14-13-17(10-11-18(14)22-12-4-2)23(20,21)16-8-6-15(19)7-9-16/h3-4,6-11,13,19H,1-2,5,12H2. The summed E-state index contributed by atoms with van der Waals surface area (Å²) < 4.78 is 30.9. The Morgan fingerprint density at radius 1 is 1.00 bits per heavy atom. The summed E-state index contributed by atoms with van der Waals surface area (Å²) in [6, 6.07) is 10.2. The molecule has 0 aliphatic carbocycles. The third-order valence-corrected chi connectivity index (χ3v) is 4.98. The van der Waals surface area contributed by atoms with E-state index in [2.05, 4.69) is 13.2 Å². The van der Waals surface area contributed by atoms with E-state index in [1.807, 2.05) is 0 Å². The lowest BCUT2D eigenvalue weighted by Crippen LogP contribution is -2.04. The Bertz CT molecular complexity index is 805. The van der Waals surface area contributed by atoms with Crippen molar-refractivity contribution in [3.05, 3.63) is 73.3 Å². The van der Waals surface area contributed by atoms with Crippen LogP contribution in [0.3, 0.4) is 0 Å². The molecule has 0 bridgehead atoms. The molecule has 4 nitrogen and oxygen atoms in total. The lowest BCUT2D eigenvalue weighted by atomic mass is 10.1. The Morgan fingerprint density at radius 3 is 2.26 bits per heavy atom. The first-order valence-corrected chi connectivity index (χ1v) is 8.49. The molecule has 2 aromatic carbocycles. The summed E-state index contributed by atoms with van der Waals surface area (Å²) in [4.78, 5) is 0.297. The smallest absolute Gasteiger partial charge is 0.206 e. The molecular formula is C18H18O4S. The van der Waals surface area contributed by atoms with E-state index in [0.29, 0.717) is 18.8 Å². The van der Waals surface area contributed by atoms with E-state index < -0.39 is 9.84 Å². The summed E-state index contributed by atoms with van der Waals surface area (Å²) in [6.07, 6.45) is 3.80. The molecule has 0 atom stereocenters. The summed E-state index contributed by atoms with van der Waals surface area (Å²) in [7, 11) is -3.65. The molecule has 0 aromatic heterocycles. The first kappa shape index (κ1) is 16.8. The molecule has 23 heavy (non-hydrogen) atoms. The van der Waals surface area contributed by atoms with Gasteiger partial charge in [-0.2, -0.15) is 0 Å². The second-order valence-corrected chi connectivity index (χ2v) is 6.81. The van der Waals surface area contributed by atoms with Gasteiger partial charge in [-0.15, -0.1) is 6.58 Å². The molecule has 120 valence electrons. The first-order chi connectivity index (χ1) is 11.0. The quantitative estimate of drug-likeness (QED) is 0.789. The van der Waals surface area contributed by atoms with Gasteiger partial charge in [-0.25, -0.2) is 8.42 Å². The van der Waals surface area contributed by atoms with Crippen LogP contribution >= 0.6 is 0 Å². The average Bonchev–Trinajstić information content (AvgIpc) is 2.54. The van der Waals surface area contributed by atoms with Gasteiger partial charge in [0.05, 0.1) is 9.79 Å². The maximum absolute atomic E-state index is 12.7. The molecule has 0 fully saturated rings. The fourth-order valence-corrected chi connectivity index (χ4v) is 3.40. The monoisotopic (exact) mass is 330 g/mol. The molecule has 0 unspecified atom stereocenters. The van der Waals surface area contributed by atoms with Crippen molar-refractivity contribution in [1.82, 2.24) is 0 Å². The predicted octanol–water partition coefficient (Wildman–Crippen LogP) is 3.52. The van der Waals surface area contributed by atoms with Gasteiger partial charge in [0.15, 0.2) is 0 Å². The van der Waals surface area contributed by atoms with E-state index in [1.54, 1.807) is 24.3 Å². The van der Waals surface area contributed by atoms with Crippen LogP contribution in [0.5, 0.6) is 11.5 Å². The molecule has 0 aliphatic heterocycles. The van der Waals surface area contributed by atoms with E-state index in [-0.39, 0.29) is 15.5 Å². The Kier molecular flexibility index (Phi) is 5.24. The van der Waals surface area contributed by atoms with Crippen molar-refractivity contribution in [2.24, 2.45) is 0 Å². The number of rotatable bonds is 7. The van der Waals surface area contributed by atoms with Crippen LogP contribution in [0.4, 0.5) is 0 Å². The normalized spacial score (nSPS) is 11.0. The SMILES string of the molecule is C=CCOc1ccc(S(=O)(=O)c2ccc(O)cc2)cc1CC=C. The molecule has 1 N–H and O–H groups in total. The minimum absolute atomic E-state index is 0.0180. The number of phenolic OH excluding ortho intramolecular Hbond substituents is 1. The van der Waals surface area contributed by atoms with Crippen molar-refractivity contribution in [2.75, 3.05) is 6.61 Å². The number of sulfone groups is 1. The highest BCUT2D eigenvalue weighted by molar-refractivity contribution is 7.91. The number of hydrogen-bond donors (Lipinski definition) is 1. The van der Waals surface area contributed by atoms with Crippen LogP contribution in [0.25, 0.3) is 0 Å². The molecule has 0 radical (unpaired) electrons. The summed E-state index contributed by atoms with van der Waals surface area (Å²) in [5.41, 5.74) is 0.738. The van der Waals surface area contributed by atoms with Gasteiger partial charge in [0.25, 0.3) is 0 Å². The molecule has 2 rings (SSSR count). The molecule has 5 heteroatoms. The molecule has 0 aliphatic rings. The summed E-state index contributed by atoms with van der Waals surface area (Å²) in [6.45, 7) is 7.62. The fraction of sp³-hybridized carbons (Fsp3) is 0.111. The van der Waals surface area contributed by atoms with Gasteiger partial charge in [-0.3, -0.25) is 0 Å². The van der Waals surface area contributed by atoms with Gasteiger partial charge >= 0.3 is 0 Å². The number of ether oxygens (including phenoxy) is 1. The number of benzene rings is 2. The number of allylic oxidation sites excluding steroid dienone is 1. The van der Waals surface area contributed by atoms with Crippen LogP contribution in [0.1, 0.15) is 5.56 Å². The Labute approximate surface area is 136 Å². The lowest BCUT2D eigenvalue weighted by molar-refractivity contribution is 0.359. The summed E-state index contributed by atoms with van der Waals surface area (Å²) in [5.74, 6) is 0.624. The topological polar surface area (TPSA) is 63.6 Å². The fourth-order valence-electron chi connectivity index (χ4n) is 2.09. The minimum Gasteiger partial charge on any atom is -0.508 e. The average molecular weight is 330 g/mol. The summed E-state index contributed by atoms with van der Waals surface area (Å²) in [5, 5.41) is 9.30. The Balaban J connectivity index is 2.45. The molecule has 2 aromatic rings. The van der Waals surface area contributed by atoms with E-state index in [0.717, 1.165) is 5.56 Å². The lowest BCUT2D eigenvalue weighted by Gasteiger charge is -2.12. The van der Waals surface area contributed by atoms with Crippen LogP contribution in [-0.4, -0.2) is 20.1 Å². The van der Waals surface area contributed by atoms with E-state index in [4.69, 9.17) is 4.74 Å². The van der Waals surface area contributed by atoms with Crippen LogP contribution < -0.4 is 4.74 Å². The second-order valence-electron chi connectivity index (χ2n) is 4.86. The van der Waals surface area contributed by atoms with Crippen molar-refractivity contribution in [2.45, 2.75) is 16.2 Å². The molecule has 0 saturated heterocycles. The summed E-state index contributed by atoms with van der Waals surface area (Å²) >= 11 is 0. The molecule has 0 spiro atoms. The third-order valence-electron chi connectivity index (χ3n) is 3.21. The largest absolute Gasteiger partial charge is 0.508 e. The van der Waals surface area contributed by atoms with E-state index in [9.17, 15) is 13.5 Å².